The lowest BCUT2D eigenvalue weighted by atomic mass is 9.75. The van der Waals surface area contributed by atoms with Gasteiger partial charge in [-0.25, -0.2) is 0 Å². The molecule has 0 saturated heterocycles. The highest BCUT2D eigenvalue weighted by Crippen LogP contribution is 2.35. The first-order valence-corrected chi connectivity index (χ1v) is 7.95. The highest BCUT2D eigenvalue weighted by molar-refractivity contribution is 5.98. The van der Waals surface area contributed by atoms with Crippen LogP contribution in [0.4, 0.5) is 4.39 Å². The van der Waals surface area contributed by atoms with E-state index in [1.54, 1.807) is 25.2 Å². The summed E-state index contributed by atoms with van der Waals surface area (Å²) in [4.78, 5) is 23.9. The summed E-state index contributed by atoms with van der Waals surface area (Å²) >= 11 is 0. The minimum Gasteiger partial charge on any atom is -0.294 e. The van der Waals surface area contributed by atoms with E-state index in [0.717, 1.165) is 6.42 Å². The summed E-state index contributed by atoms with van der Waals surface area (Å²) in [6.07, 6.45) is 13.3. The normalized spacial score (nSPS) is 15.9. The van der Waals surface area contributed by atoms with Gasteiger partial charge in [-0.05, 0) is 39.2 Å². The highest BCUT2D eigenvalue weighted by Gasteiger charge is 2.32. The summed E-state index contributed by atoms with van der Waals surface area (Å²) in [5.74, 6) is -0.0940. The number of allylic oxidation sites excluding steroid dienone is 9. The number of rotatable bonds is 10. The van der Waals surface area contributed by atoms with Gasteiger partial charge >= 0.3 is 6.04 Å². The lowest BCUT2D eigenvalue weighted by molar-refractivity contribution is -0.125. The Balaban J connectivity index is 6.22. The molecule has 0 aromatic rings. The third-order valence-electron chi connectivity index (χ3n) is 3.62. The fraction of sp³-hybridized carbons (Fsp3) is 0.400. The smallest absolute Gasteiger partial charge is 0.294 e. The molecule has 0 amide bonds. The van der Waals surface area contributed by atoms with Crippen LogP contribution in [0, 0.1) is 5.41 Å². The monoisotopic (exact) mass is 318 g/mol. The third kappa shape index (κ3) is 5.93. The third-order valence-corrected chi connectivity index (χ3v) is 3.62. The molecule has 0 spiro atoms. The summed E-state index contributed by atoms with van der Waals surface area (Å²) in [7, 11) is 0. The predicted molar refractivity (Wildman–Crippen MR) is 94.7 cm³/mol. The van der Waals surface area contributed by atoms with Crippen molar-refractivity contribution >= 4 is 11.8 Å². The molecule has 0 rings (SSSR count). The topological polar surface area (TPSA) is 34.1 Å². The van der Waals surface area contributed by atoms with E-state index in [-0.39, 0.29) is 17.8 Å². The molecule has 3 heteroatoms. The van der Waals surface area contributed by atoms with Crippen molar-refractivity contribution in [2.45, 2.75) is 47.0 Å². The number of carbonyl (C=O) groups is 2. The van der Waals surface area contributed by atoms with Crippen molar-refractivity contribution in [3.63, 3.8) is 0 Å². The second-order valence-corrected chi connectivity index (χ2v) is 5.24. The maximum atomic E-state index is 13.3. The van der Waals surface area contributed by atoms with Gasteiger partial charge in [-0.3, -0.25) is 9.59 Å². The maximum Gasteiger partial charge on any atom is 0.332 e. The molecule has 0 fully saturated rings. The van der Waals surface area contributed by atoms with Gasteiger partial charge in [0.1, 0.15) is 0 Å². The van der Waals surface area contributed by atoms with Gasteiger partial charge < -0.3 is 0 Å². The lowest BCUT2D eigenvalue weighted by Crippen LogP contribution is -2.27. The largest absolute Gasteiger partial charge is 0.332 e. The van der Waals surface area contributed by atoms with Gasteiger partial charge in [-0.15, -0.1) is 0 Å². The Labute approximate surface area is 139 Å². The molecule has 2 nitrogen and oxygen atoms in total. The minimum atomic E-state index is -1.51. The van der Waals surface area contributed by atoms with E-state index < -0.39 is 11.5 Å². The molecule has 0 bridgehead atoms. The molecule has 0 N–H and O–H groups in total. The van der Waals surface area contributed by atoms with Crippen LogP contribution in [0.2, 0.25) is 0 Å². The van der Waals surface area contributed by atoms with E-state index in [9.17, 15) is 14.0 Å². The van der Waals surface area contributed by atoms with Crippen molar-refractivity contribution in [2.24, 2.45) is 5.41 Å². The molecule has 0 aliphatic rings. The van der Waals surface area contributed by atoms with E-state index in [2.05, 4.69) is 6.58 Å². The lowest BCUT2D eigenvalue weighted by Gasteiger charge is -2.26. The van der Waals surface area contributed by atoms with Crippen LogP contribution in [0.5, 0.6) is 0 Å². The first-order chi connectivity index (χ1) is 10.9. The number of hydrogen-bond acceptors (Lipinski definition) is 2. The summed E-state index contributed by atoms with van der Waals surface area (Å²) in [5.41, 5.74) is -0.365. The first kappa shape index (κ1) is 21.0. The molecular formula is C20H27FO2. The number of halogens is 1. The van der Waals surface area contributed by atoms with Crippen molar-refractivity contribution in [1.82, 2.24) is 0 Å². The molecule has 1 atom stereocenters. The van der Waals surface area contributed by atoms with Crippen LogP contribution in [0.1, 0.15) is 47.0 Å². The molecule has 126 valence electrons. The molecule has 0 saturated carbocycles. The van der Waals surface area contributed by atoms with Crippen molar-refractivity contribution in [3.05, 3.63) is 60.3 Å². The Hall–Kier alpha value is -2.03. The standard InChI is InChI=1S/C20H27FO2/c1-6-11-14-20(13-8-3,18(22)12-7-2)15-16(9-4)17(10-5)19(21)23/h7-8,10-14H,5-6,9,15H2,1-4H3. The van der Waals surface area contributed by atoms with E-state index in [0.29, 0.717) is 12.0 Å². The van der Waals surface area contributed by atoms with Crippen LogP contribution < -0.4 is 0 Å². The van der Waals surface area contributed by atoms with Gasteiger partial charge in [0.25, 0.3) is 0 Å². The summed E-state index contributed by atoms with van der Waals surface area (Å²) in [6, 6.07) is -1.51. The SMILES string of the molecule is C=CC(C(=O)F)=C(CC)CC(C=CC)(C=CCC)C(=O)C=CC. The highest BCUT2D eigenvalue weighted by atomic mass is 19.1. The Kier molecular flexibility index (Phi) is 9.71. The Bertz CT molecular complexity index is 550. The second-order valence-electron chi connectivity index (χ2n) is 5.24. The summed E-state index contributed by atoms with van der Waals surface area (Å²) < 4.78 is 13.3. The van der Waals surface area contributed by atoms with E-state index in [1.807, 2.05) is 32.9 Å². The predicted octanol–water partition coefficient (Wildman–Crippen LogP) is 5.44. The maximum absolute atomic E-state index is 13.3. The molecular weight excluding hydrogens is 291 g/mol. The van der Waals surface area contributed by atoms with Crippen molar-refractivity contribution in [2.75, 3.05) is 0 Å². The first-order valence-electron chi connectivity index (χ1n) is 7.95. The fourth-order valence-corrected chi connectivity index (χ4v) is 2.48. The van der Waals surface area contributed by atoms with Gasteiger partial charge in [0, 0.05) is 0 Å². The summed E-state index contributed by atoms with van der Waals surface area (Å²) in [5, 5.41) is 0. The number of carbonyl (C=O) groups excluding carboxylic acids is 2. The number of ketones is 1. The van der Waals surface area contributed by atoms with E-state index in [1.165, 1.54) is 12.2 Å². The van der Waals surface area contributed by atoms with Gasteiger partial charge in [-0.2, -0.15) is 4.39 Å². The Morgan fingerprint density at radius 3 is 2.17 bits per heavy atom. The van der Waals surface area contributed by atoms with Crippen molar-refractivity contribution in [3.8, 4) is 0 Å². The summed E-state index contributed by atoms with van der Waals surface area (Å²) in [6.45, 7) is 10.9. The fourth-order valence-electron chi connectivity index (χ4n) is 2.48. The quantitative estimate of drug-likeness (QED) is 0.233. The van der Waals surface area contributed by atoms with Gasteiger partial charge in [0.2, 0.25) is 0 Å². The van der Waals surface area contributed by atoms with E-state index >= 15 is 0 Å². The Morgan fingerprint density at radius 1 is 1.13 bits per heavy atom. The van der Waals surface area contributed by atoms with Gasteiger partial charge in [0.05, 0.1) is 11.0 Å². The zero-order valence-corrected chi connectivity index (χ0v) is 14.6. The van der Waals surface area contributed by atoms with Gasteiger partial charge in [-0.1, -0.05) is 62.5 Å². The molecule has 0 radical (unpaired) electrons. The molecule has 0 aromatic carbocycles. The average Bonchev–Trinajstić information content (AvgIpc) is 2.52. The number of hydrogen-bond donors (Lipinski definition) is 0. The van der Waals surface area contributed by atoms with Crippen LogP contribution >= 0.6 is 0 Å². The second kappa shape index (κ2) is 10.7. The van der Waals surface area contributed by atoms with Crippen LogP contribution in [0.25, 0.3) is 0 Å². The van der Waals surface area contributed by atoms with E-state index in [4.69, 9.17) is 0 Å². The van der Waals surface area contributed by atoms with Gasteiger partial charge in [0.15, 0.2) is 5.78 Å². The van der Waals surface area contributed by atoms with Crippen molar-refractivity contribution < 1.29 is 14.0 Å². The molecule has 23 heavy (non-hydrogen) atoms. The zero-order chi connectivity index (χ0) is 17.9. The van der Waals surface area contributed by atoms with Crippen LogP contribution in [0.3, 0.4) is 0 Å². The Morgan fingerprint density at radius 2 is 1.78 bits per heavy atom. The minimum absolute atomic E-state index is 0.0421. The molecule has 0 aliphatic heterocycles. The van der Waals surface area contributed by atoms with Crippen LogP contribution in [0.15, 0.2) is 60.3 Å². The van der Waals surface area contributed by atoms with Crippen LogP contribution in [-0.4, -0.2) is 11.8 Å². The van der Waals surface area contributed by atoms with Crippen molar-refractivity contribution in [1.29, 1.82) is 0 Å². The molecule has 0 aliphatic carbocycles. The average molecular weight is 318 g/mol. The molecule has 0 aromatic heterocycles. The molecule has 1 unspecified atom stereocenters. The molecule has 0 heterocycles. The van der Waals surface area contributed by atoms with Crippen LogP contribution in [-0.2, 0) is 9.59 Å². The zero-order valence-electron chi connectivity index (χ0n) is 14.6.